The summed E-state index contributed by atoms with van der Waals surface area (Å²) in [5.41, 5.74) is 0. The first-order valence-electron chi connectivity index (χ1n) is 3.00. The van der Waals surface area contributed by atoms with Crippen molar-refractivity contribution in [3.63, 3.8) is 0 Å². The first kappa shape index (κ1) is 8.43. The molecule has 0 saturated carbocycles. The number of aliphatic carboxylic acids is 1. The van der Waals surface area contributed by atoms with Crippen molar-refractivity contribution in [1.82, 2.24) is 0 Å². The van der Waals surface area contributed by atoms with Gasteiger partial charge in [0.2, 0.25) is 0 Å². The van der Waals surface area contributed by atoms with Gasteiger partial charge in [0, 0.05) is 6.61 Å². The molecule has 0 unspecified atom stereocenters. The smallest absolute Gasteiger partial charge is 0.305 e. The highest BCUT2D eigenvalue weighted by Gasteiger charge is 2.05. The highest BCUT2D eigenvalue weighted by molar-refractivity contribution is 5.67. The molecular weight excluding hydrogens is 120 g/mol. The average Bonchev–Trinajstić information content (AvgIpc) is 1.63. The second-order valence-corrected chi connectivity index (χ2v) is 1.86. The lowest BCUT2D eigenvalue weighted by Crippen LogP contribution is -2.13. The summed E-state index contributed by atoms with van der Waals surface area (Å²) in [6.07, 6.45) is -0.0686. The number of carbonyl (C=O) groups is 1. The van der Waals surface area contributed by atoms with E-state index >= 15 is 0 Å². The molecule has 0 aromatic rings. The van der Waals surface area contributed by atoms with Gasteiger partial charge in [0.1, 0.15) is 0 Å². The molecule has 9 heavy (non-hydrogen) atoms. The van der Waals surface area contributed by atoms with Crippen LogP contribution in [-0.2, 0) is 9.53 Å². The van der Waals surface area contributed by atoms with Crippen molar-refractivity contribution in [2.45, 2.75) is 26.4 Å². The molecule has 0 aliphatic carbocycles. The van der Waals surface area contributed by atoms with E-state index in [4.69, 9.17) is 9.84 Å². The number of ether oxygens (including phenoxy) is 1. The Labute approximate surface area is 54.6 Å². The number of hydrogen-bond acceptors (Lipinski definition) is 2. The Morgan fingerprint density at radius 3 is 2.67 bits per heavy atom. The third-order valence-electron chi connectivity index (χ3n) is 0.913. The lowest BCUT2D eigenvalue weighted by Gasteiger charge is -2.06. The van der Waals surface area contributed by atoms with Crippen LogP contribution >= 0.6 is 0 Å². The average molecular weight is 132 g/mol. The molecule has 0 amide bonds. The fraction of sp³-hybridized carbons (Fsp3) is 0.833. The molecule has 0 aromatic heterocycles. The molecular formula is C6H12O3. The normalized spacial score (nSPS) is 13.1. The van der Waals surface area contributed by atoms with Crippen LogP contribution in [0.25, 0.3) is 0 Å². The van der Waals surface area contributed by atoms with Gasteiger partial charge in [0.15, 0.2) is 0 Å². The summed E-state index contributed by atoms with van der Waals surface area (Å²) in [4.78, 5) is 10.0. The van der Waals surface area contributed by atoms with Crippen LogP contribution in [0.2, 0.25) is 0 Å². The largest absolute Gasteiger partial charge is 0.481 e. The van der Waals surface area contributed by atoms with Gasteiger partial charge in [-0.05, 0) is 13.8 Å². The van der Waals surface area contributed by atoms with Gasteiger partial charge in [-0.3, -0.25) is 4.79 Å². The van der Waals surface area contributed by atoms with Crippen molar-refractivity contribution in [1.29, 1.82) is 0 Å². The zero-order valence-electron chi connectivity index (χ0n) is 5.76. The highest BCUT2D eigenvalue weighted by atomic mass is 16.5. The van der Waals surface area contributed by atoms with Gasteiger partial charge >= 0.3 is 5.97 Å². The molecule has 0 aliphatic rings. The number of rotatable bonds is 4. The van der Waals surface area contributed by atoms with Crippen LogP contribution in [-0.4, -0.2) is 23.8 Å². The Kier molecular flexibility index (Phi) is 4.05. The summed E-state index contributed by atoms with van der Waals surface area (Å²) >= 11 is 0. The summed E-state index contributed by atoms with van der Waals surface area (Å²) in [6, 6.07) is 0. The van der Waals surface area contributed by atoms with E-state index in [1.807, 2.05) is 6.92 Å². The molecule has 3 nitrogen and oxygen atoms in total. The fourth-order valence-corrected chi connectivity index (χ4v) is 0.589. The van der Waals surface area contributed by atoms with Crippen molar-refractivity contribution in [3.8, 4) is 0 Å². The van der Waals surface area contributed by atoms with Gasteiger partial charge in [0.25, 0.3) is 0 Å². The number of hydrogen-bond donors (Lipinski definition) is 1. The minimum Gasteiger partial charge on any atom is -0.481 e. The Hall–Kier alpha value is -0.570. The van der Waals surface area contributed by atoms with E-state index in [-0.39, 0.29) is 12.5 Å². The first-order chi connectivity index (χ1) is 4.16. The Morgan fingerprint density at radius 2 is 2.33 bits per heavy atom. The first-order valence-corrected chi connectivity index (χ1v) is 3.00. The van der Waals surface area contributed by atoms with Gasteiger partial charge in [-0.2, -0.15) is 0 Å². The van der Waals surface area contributed by atoms with Crippen LogP contribution in [0.15, 0.2) is 0 Å². The van der Waals surface area contributed by atoms with E-state index in [9.17, 15) is 4.79 Å². The van der Waals surface area contributed by atoms with Crippen molar-refractivity contribution >= 4 is 5.97 Å². The number of carboxylic acids is 1. The molecule has 3 heteroatoms. The van der Waals surface area contributed by atoms with Crippen LogP contribution in [0.1, 0.15) is 20.3 Å². The van der Waals surface area contributed by atoms with Crippen LogP contribution in [0.4, 0.5) is 0 Å². The van der Waals surface area contributed by atoms with Crippen LogP contribution in [0, 0.1) is 0 Å². The maximum atomic E-state index is 10.0. The molecule has 0 aromatic carbocycles. The molecule has 0 spiro atoms. The fourth-order valence-electron chi connectivity index (χ4n) is 0.589. The molecule has 0 bridgehead atoms. The van der Waals surface area contributed by atoms with E-state index in [0.29, 0.717) is 6.61 Å². The summed E-state index contributed by atoms with van der Waals surface area (Å²) in [6.45, 7) is 4.17. The maximum Gasteiger partial charge on any atom is 0.305 e. The third-order valence-corrected chi connectivity index (χ3v) is 0.913. The van der Waals surface area contributed by atoms with Crippen LogP contribution in [0.5, 0.6) is 0 Å². The van der Waals surface area contributed by atoms with Crippen LogP contribution < -0.4 is 0 Å². The molecule has 0 saturated heterocycles. The molecule has 54 valence electrons. The van der Waals surface area contributed by atoms with E-state index < -0.39 is 5.97 Å². The predicted octanol–water partition coefficient (Wildman–Crippen LogP) is 0.886. The molecule has 0 heterocycles. The minimum absolute atomic E-state index is 0.0911. The third kappa shape index (κ3) is 5.30. The Balaban J connectivity index is 3.26. The van der Waals surface area contributed by atoms with Crippen molar-refractivity contribution in [3.05, 3.63) is 0 Å². The monoisotopic (exact) mass is 132 g/mol. The summed E-state index contributed by atoms with van der Waals surface area (Å²) in [7, 11) is 0. The molecule has 1 atom stereocenters. The van der Waals surface area contributed by atoms with Crippen molar-refractivity contribution in [2.24, 2.45) is 0 Å². The van der Waals surface area contributed by atoms with E-state index in [0.717, 1.165) is 0 Å². The molecule has 1 N–H and O–H groups in total. The zero-order chi connectivity index (χ0) is 7.28. The van der Waals surface area contributed by atoms with Gasteiger partial charge < -0.3 is 9.84 Å². The van der Waals surface area contributed by atoms with Gasteiger partial charge in [-0.15, -0.1) is 0 Å². The van der Waals surface area contributed by atoms with Gasteiger partial charge in [-0.25, -0.2) is 0 Å². The van der Waals surface area contributed by atoms with E-state index in [2.05, 4.69) is 0 Å². The van der Waals surface area contributed by atoms with Crippen LogP contribution in [0.3, 0.4) is 0 Å². The van der Waals surface area contributed by atoms with Crippen molar-refractivity contribution < 1.29 is 14.6 Å². The Morgan fingerprint density at radius 1 is 1.78 bits per heavy atom. The molecule has 0 aliphatic heterocycles. The Bertz CT molecular complexity index is 90.3. The van der Waals surface area contributed by atoms with E-state index in [1.54, 1.807) is 6.92 Å². The second kappa shape index (κ2) is 4.32. The molecule has 0 rings (SSSR count). The number of carboxylic acid groups (broad SMARTS) is 1. The SMILES string of the molecule is CCO[C@@H](C)CC(=O)O. The highest BCUT2D eigenvalue weighted by Crippen LogP contribution is 1.95. The molecule has 0 fully saturated rings. The minimum atomic E-state index is -0.809. The quantitative estimate of drug-likeness (QED) is 0.617. The zero-order valence-corrected chi connectivity index (χ0v) is 5.76. The van der Waals surface area contributed by atoms with Gasteiger partial charge in [-0.1, -0.05) is 0 Å². The van der Waals surface area contributed by atoms with Gasteiger partial charge in [0.05, 0.1) is 12.5 Å². The lowest BCUT2D eigenvalue weighted by molar-refractivity contribution is -0.139. The summed E-state index contributed by atoms with van der Waals surface area (Å²) < 4.78 is 4.97. The van der Waals surface area contributed by atoms with Crippen molar-refractivity contribution in [2.75, 3.05) is 6.61 Å². The lowest BCUT2D eigenvalue weighted by atomic mass is 10.3. The molecule has 0 radical (unpaired) electrons. The topological polar surface area (TPSA) is 46.5 Å². The van der Waals surface area contributed by atoms with E-state index in [1.165, 1.54) is 0 Å². The maximum absolute atomic E-state index is 10.0. The second-order valence-electron chi connectivity index (χ2n) is 1.86. The summed E-state index contributed by atoms with van der Waals surface area (Å²) in [5.74, 6) is -0.809. The standard InChI is InChI=1S/C6H12O3/c1-3-9-5(2)4-6(7)8/h5H,3-4H2,1-2H3,(H,7,8)/t5-/m0/s1. The predicted molar refractivity (Wildman–Crippen MR) is 33.3 cm³/mol. The summed E-state index contributed by atoms with van der Waals surface area (Å²) in [5, 5.41) is 8.23.